The van der Waals surface area contributed by atoms with Gasteiger partial charge in [-0.1, -0.05) is 17.7 Å². The fraction of sp³-hybridized carbons (Fsp3) is 0.562. The summed E-state index contributed by atoms with van der Waals surface area (Å²) in [4.78, 5) is 15.7. The minimum atomic E-state index is -0.415. The van der Waals surface area contributed by atoms with Crippen molar-refractivity contribution in [1.82, 2.24) is 9.80 Å². The van der Waals surface area contributed by atoms with Crippen LogP contribution in [0.1, 0.15) is 25.8 Å². The van der Waals surface area contributed by atoms with Crippen LogP contribution in [0.3, 0.4) is 0 Å². The minimum Gasteiger partial charge on any atom is -0.393 e. The minimum absolute atomic E-state index is 0.118. The summed E-state index contributed by atoms with van der Waals surface area (Å²) in [6.45, 7) is 4.24. The number of carbonyl (C=O) groups is 1. The highest BCUT2D eigenvalue weighted by Gasteiger charge is 2.23. The van der Waals surface area contributed by atoms with E-state index in [9.17, 15) is 14.3 Å². The SMILES string of the molecule is CC(O)CCN(C)C(C)C(=O)N(C)Cc1c(F)cccc1Cl. The van der Waals surface area contributed by atoms with Crippen LogP contribution in [0.2, 0.25) is 5.02 Å². The second-order valence-corrected chi connectivity index (χ2v) is 6.10. The first-order valence-corrected chi connectivity index (χ1v) is 7.68. The fourth-order valence-electron chi connectivity index (χ4n) is 2.09. The molecule has 1 rings (SSSR count). The molecule has 2 atom stereocenters. The Morgan fingerprint density at radius 3 is 2.55 bits per heavy atom. The lowest BCUT2D eigenvalue weighted by Crippen LogP contribution is -2.44. The topological polar surface area (TPSA) is 43.8 Å². The highest BCUT2D eigenvalue weighted by atomic mass is 35.5. The van der Waals surface area contributed by atoms with E-state index in [-0.39, 0.29) is 18.5 Å². The van der Waals surface area contributed by atoms with Gasteiger partial charge in [-0.15, -0.1) is 0 Å². The van der Waals surface area contributed by atoms with Gasteiger partial charge in [-0.3, -0.25) is 9.69 Å². The van der Waals surface area contributed by atoms with Crippen LogP contribution in [0.5, 0.6) is 0 Å². The summed E-state index contributed by atoms with van der Waals surface area (Å²) in [5.74, 6) is -0.533. The largest absolute Gasteiger partial charge is 0.393 e. The first-order valence-electron chi connectivity index (χ1n) is 7.30. The average molecular weight is 331 g/mol. The molecule has 124 valence electrons. The number of hydrogen-bond acceptors (Lipinski definition) is 3. The van der Waals surface area contributed by atoms with Gasteiger partial charge >= 0.3 is 0 Å². The molecule has 0 aliphatic heterocycles. The molecule has 1 N–H and O–H groups in total. The number of hydrogen-bond donors (Lipinski definition) is 1. The molecule has 1 aromatic carbocycles. The molecule has 0 bridgehead atoms. The van der Waals surface area contributed by atoms with Gasteiger partial charge in [-0.05, 0) is 39.4 Å². The number of rotatable bonds is 7. The van der Waals surface area contributed by atoms with Gasteiger partial charge in [-0.25, -0.2) is 4.39 Å². The molecule has 0 aliphatic rings. The molecule has 0 radical (unpaired) electrons. The molecular weight excluding hydrogens is 307 g/mol. The summed E-state index contributed by atoms with van der Waals surface area (Å²) in [6, 6.07) is 4.12. The zero-order valence-electron chi connectivity index (χ0n) is 13.5. The maximum atomic E-state index is 13.8. The van der Waals surface area contributed by atoms with Crippen LogP contribution >= 0.6 is 11.6 Å². The Morgan fingerprint density at radius 1 is 1.36 bits per heavy atom. The maximum Gasteiger partial charge on any atom is 0.239 e. The summed E-state index contributed by atoms with van der Waals surface area (Å²) in [5, 5.41) is 9.62. The zero-order valence-corrected chi connectivity index (χ0v) is 14.3. The monoisotopic (exact) mass is 330 g/mol. The van der Waals surface area contributed by atoms with E-state index in [2.05, 4.69) is 0 Å². The van der Waals surface area contributed by atoms with Crippen molar-refractivity contribution in [2.24, 2.45) is 0 Å². The third kappa shape index (κ3) is 5.23. The lowest BCUT2D eigenvalue weighted by molar-refractivity contribution is -0.135. The van der Waals surface area contributed by atoms with E-state index in [1.165, 1.54) is 17.0 Å². The van der Waals surface area contributed by atoms with Gasteiger partial charge in [0, 0.05) is 30.7 Å². The molecule has 0 saturated heterocycles. The molecule has 2 unspecified atom stereocenters. The Labute approximate surface area is 136 Å². The molecule has 0 heterocycles. The Morgan fingerprint density at radius 2 is 2.00 bits per heavy atom. The van der Waals surface area contributed by atoms with E-state index in [1.807, 2.05) is 11.9 Å². The molecule has 1 aromatic rings. The van der Waals surface area contributed by atoms with Crippen molar-refractivity contribution in [3.63, 3.8) is 0 Å². The van der Waals surface area contributed by atoms with Crippen LogP contribution in [0, 0.1) is 5.82 Å². The van der Waals surface area contributed by atoms with E-state index < -0.39 is 11.9 Å². The van der Waals surface area contributed by atoms with Gasteiger partial charge in [0.15, 0.2) is 0 Å². The van der Waals surface area contributed by atoms with Gasteiger partial charge < -0.3 is 10.0 Å². The van der Waals surface area contributed by atoms with Crippen LogP contribution in [0.15, 0.2) is 18.2 Å². The van der Waals surface area contributed by atoms with Gasteiger partial charge in [0.25, 0.3) is 0 Å². The molecule has 0 saturated carbocycles. The number of nitrogens with zero attached hydrogens (tertiary/aromatic N) is 2. The third-order valence-electron chi connectivity index (χ3n) is 3.75. The van der Waals surface area contributed by atoms with Crippen molar-refractivity contribution in [1.29, 1.82) is 0 Å². The molecule has 4 nitrogen and oxygen atoms in total. The second kappa shape index (κ2) is 8.46. The Hall–Kier alpha value is -1.17. The molecular formula is C16H24ClFN2O2. The number of aliphatic hydroxyl groups is 1. The third-order valence-corrected chi connectivity index (χ3v) is 4.11. The van der Waals surface area contributed by atoms with E-state index in [4.69, 9.17) is 11.6 Å². The highest BCUT2D eigenvalue weighted by Crippen LogP contribution is 2.20. The van der Waals surface area contributed by atoms with E-state index in [0.717, 1.165) is 0 Å². The number of likely N-dealkylation sites (N-methyl/N-ethyl adjacent to an activating group) is 2. The number of carbonyl (C=O) groups excluding carboxylic acids is 1. The zero-order chi connectivity index (χ0) is 16.9. The lowest BCUT2D eigenvalue weighted by Gasteiger charge is -2.28. The van der Waals surface area contributed by atoms with Crippen molar-refractivity contribution in [3.8, 4) is 0 Å². The van der Waals surface area contributed by atoms with E-state index >= 15 is 0 Å². The van der Waals surface area contributed by atoms with Crippen LogP contribution in [0.25, 0.3) is 0 Å². The van der Waals surface area contributed by atoms with Crippen LogP contribution in [0.4, 0.5) is 4.39 Å². The Balaban J connectivity index is 2.68. The second-order valence-electron chi connectivity index (χ2n) is 5.69. The predicted octanol–water partition coefficient (Wildman–Crippen LogP) is 2.53. The van der Waals surface area contributed by atoms with Crippen LogP contribution in [-0.2, 0) is 11.3 Å². The Kier molecular flexibility index (Phi) is 7.26. The molecule has 0 aliphatic carbocycles. The molecule has 0 aromatic heterocycles. The quantitative estimate of drug-likeness (QED) is 0.835. The summed E-state index contributed by atoms with van der Waals surface area (Å²) < 4.78 is 13.8. The van der Waals surface area contributed by atoms with E-state index in [0.29, 0.717) is 23.6 Å². The van der Waals surface area contributed by atoms with Crippen LogP contribution < -0.4 is 0 Å². The standard InChI is InChI=1S/C16H24ClFN2O2/c1-11(21)8-9-19(3)12(2)16(22)20(4)10-13-14(17)6-5-7-15(13)18/h5-7,11-12,21H,8-10H2,1-4H3. The molecule has 22 heavy (non-hydrogen) atoms. The first-order chi connectivity index (χ1) is 10.2. The normalized spacial score (nSPS) is 14.0. The summed E-state index contributed by atoms with van der Waals surface area (Å²) >= 11 is 5.99. The molecule has 1 amide bonds. The number of aliphatic hydroxyl groups excluding tert-OH is 1. The number of amides is 1. The number of benzene rings is 1. The maximum absolute atomic E-state index is 13.8. The van der Waals surface area contributed by atoms with Crippen molar-refractivity contribution < 1.29 is 14.3 Å². The number of halogens is 2. The molecule has 6 heteroatoms. The van der Waals surface area contributed by atoms with Crippen molar-refractivity contribution in [2.45, 2.75) is 39.0 Å². The first kappa shape index (κ1) is 18.9. The lowest BCUT2D eigenvalue weighted by atomic mass is 10.1. The van der Waals surface area contributed by atoms with Crippen molar-refractivity contribution in [3.05, 3.63) is 34.6 Å². The van der Waals surface area contributed by atoms with Crippen LogP contribution in [-0.4, -0.2) is 53.6 Å². The predicted molar refractivity (Wildman–Crippen MR) is 86.3 cm³/mol. The van der Waals surface area contributed by atoms with Gasteiger partial charge in [-0.2, -0.15) is 0 Å². The van der Waals surface area contributed by atoms with Gasteiger partial charge in [0.05, 0.1) is 12.1 Å². The Bertz CT molecular complexity index is 491. The summed E-state index contributed by atoms with van der Waals surface area (Å²) in [6.07, 6.45) is 0.191. The van der Waals surface area contributed by atoms with Gasteiger partial charge in [0.2, 0.25) is 5.91 Å². The van der Waals surface area contributed by atoms with Crippen molar-refractivity contribution in [2.75, 3.05) is 20.6 Å². The van der Waals surface area contributed by atoms with Crippen molar-refractivity contribution >= 4 is 17.5 Å². The summed E-state index contributed by atoms with van der Waals surface area (Å²) in [7, 11) is 3.46. The average Bonchev–Trinajstić information content (AvgIpc) is 2.46. The smallest absolute Gasteiger partial charge is 0.239 e. The van der Waals surface area contributed by atoms with E-state index in [1.54, 1.807) is 27.0 Å². The fourth-order valence-corrected chi connectivity index (χ4v) is 2.31. The highest BCUT2D eigenvalue weighted by molar-refractivity contribution is 6.31. The molecule has 0 fully saturated rings. The molecule has 0 spiro atoms. The van der Waals surface area contributed by atoms with Gasteiger partial charge in [0.1, 0.15) is 5.82 Å². The summed E-state index contributed by atoms with van der Waals surface area (Å²) in [5.41, 5.74) is 0.318.